The molecule has 1 aromatic heterocycles. The van der Waals surface area contributed by atoms with Gasteiger partial charge in [-0.15, -0.1) is 0 Å². The molecule has 0 radical (unpaired) electrons. The van der Waals surface area contributed by atoms with Crippen molar-refractivity contribution >= 4 is 11.8 Å². The molecule has 0 spiro atoms. The van der Waals surface area contributed by atoms with Crippen LogP contribution in [-0.4, -0.2) is 48.1 Å². The van der Waals surface area contributed by atoms with Gasteiger partial charge in [-0.1, -0.05) is 0 Å². The Labute approximate surface area is 105 Å². The number of nitrogens with zero attached hydrogens (tertiary/aromatic N) is 1. The van der Waals surface area contributed by atoms with E-state index in [0.29, 0.717) is 25.2 Å². The molecule has 0 atom stereocenters. The second-order valence-electron chi connectivity index (χ2n) is 4.37. The van der Waals surface area contributed by atoms with Gasteiger partial charge in [-0.2, -0.15) is 0 Å². The van der Waals surface area contributed by atoms with Crippen LogP contribution in [0.15, 0.2) is 23.0 Å². The topological polar surface area (TPSA) is 82.8 Å². The lowest BCUT2D eigenvalue weighted by Gasteiger charge is -2.38. The summed E-state index contributed by atoms with van der Waals surface area (Å²) < 4.78 is 4.79. The van der Waals surface area contributed by atoms with Gasteiger partial charge in [-0.25, -0.2) is 0 Å². The standard InChI is InChI=1S/C12H16N2O4/c15-7-9-5-14(6-9)11(16)1-3-13-12(17)10-2-4-18-8-10/h2,4,8-9,15H,1,3,5-7H2,(H,13,17). The van der Waals surface area contributed by atoms with Gasteiger partial charge < -0.3 is 19.7 Å². The molecule has 1 saturated heterocycles. The number of carbonyl (C=O) groups is 2. The Morgan fingerprint density at radius 3 is 2.89 bits per heavy atom. The number of aliphatic hydroxyl groups excluding tert-OH is 1. The van der Waals surface area contributed by atoms with Gasteiger partial charge in [-0.05, 0) is 6.07 Å². The van der Waals surface area contributed by atoms with Crippen molar-refractivity contribution in [3.8, 4) is 0 Å². The molecule has 2 heterocycles. The Balaban J connectivity index is 1.64. The highest BCUT2D eigenvalue weighted by Gasteiger charge is 2.29. The first-order valence-corrected chi connectivity index (χ1v) is 5.89. The van der Waals surface area contributed by atoms with Gasteiger partial charge in [0.1, 0.15) is 6.26 Å². The van der Waals surface area contributed by atoms with E-state index in [1.165, 1.54) is 12.5 Å². The quantitative estimate of drug-likeness (QED) is 0.763. The summed E-state index contributed by atoms with van der Waals surface area (Å²) in [7, 11) is 0. The predicted octanol–water partition coefficient (Wildman–Crippen LogP) is -0.150. The lowest BCUT2D eigenvalue weighted by Crippen LogP contribution is -2.51. The highest BCUT2D eigenvalue weighted by atomic mass is 16.3. The highest BCUT2D eigenvalue weighted by molar-refractivity contribution is 5.94. The molecule has 1 aromatic rings. The van der Waals surface area contributed by atoms with Crippen molar-refractivity contribution in [1.29, 1.82) is 0 Å². The van der Waals surface area contributed by atoms with Gasteiger partial charge in [0.15, 0.2) is 0 Å². The number of amides is 2. The molecular weight excluding hydrogens is 236 g/mol. The van der Waals surface area contributed by atoms with Crippen molar-refractivity contribution < 1.29 is 19.1 Å². The Hall–Kier alpha value is -1.82. The van der Waals surface area contributed by atoms with E-state index in [-0.39, 0.29) is 30.8 Å². The average molecular weight is 252 g/mol. The summed E-state index contributed by atoms with van der Waals surface area (Å²) in [4.78, 5) is 24.8. The van der Waals surface area contributed by atoms with E-state index in [1.54, 1.807) is 11.0 Å². The fourth-order valence-corrected chi connectivity index (χ4v) is 1.83. The highest BCUT2D eigenvalue weighted by Crippen LogP contribution is 2.15. The van der Waals surface area contributed by atoms with Crippen molar-refractivity contribution in [2.45, 2.75) is 6.42 Å². The number of likely N-dealkylation sites (tertiary alicyclic amines) is 1. The smallest absolute Gasteiger partial charge is 0.254 e. The SMILES string of the molecule is O=C(NCCC(=O)N1CC(CO)C1)c1ccoc1. The molecule has 1 aliphatic heterocycles. The van der Waals surface area contributed by atoms with Crippen molar-refractivity contribution in [2.75, 3.05) is 26.2 Å². The van der Waals surface area contributed by atoms with Gasteiger partial charge in [0.2, 0.25) is 5.91 Å². The first-order valence-electron chi connectivity index (χ1n) is 5.89. The number of hydrogen-bond acceptors (Lipinski definition) is 4. The molecule has 0 saturated carbocycles. The zero-order chi connectivity index (χ0) is 13.0. The summed E-state index contributed by atoms with van der Waals surface area (Å²) in [6, 6.07) is 1.57. The van der Waals surface area contributed by atoms with Crippen LogP contribution in [0.1, 0.15) is 16.8 Å². The predicted molar refractivity (Wildman–Crippen MR) is 62.8 cm³/mol. The van der Waals surface area contributed by atoms with Crippen molar-refractivity contribution in [1.82, 2.24) is 10.2 Å². The number of aliphatic hydroxyl groups is 1. The van der Waals surface area contributed by atoms with Crippen molar-refractivity contribution in [3.63, 3.8) is 0 Å². The summed E-state index contributed by atoms with van der Waals surface area (Å²) in [5.74, 6) is -0.0185. The molecule has 0 aromatic carbocycles. The van der Waals surface area contributed by atoms with Crippen LogP contribution in [0.2, 0.25) is 0 Å². The minimum atomic E-state index is -0.242. The summed E-state index contributed by atoms with van der Waals surface area (Å²) in [5, 5.41) is 11.5. The van der Waals surface area contributed by atoms with E-state index < -0.39 is 0 Å². The van der Waals surface area contributed by atoms with Crippen LogP contribution < -0.4 is 5.32 Å². The molecular formula is C12H16N2O4. The van der Waals surface area contributed by atoms with Crippen LogP contribution in [0.3, 0.4) is 0 Å². The summed E-state index contributed by atoms with van der Waals surface area (Å²) in [5.41, 5.74) is 0.451. The van der Waals surface area contributed by atoms with Gasteiger partial charge in [0.25, 0.3) is 5.91 Å². The molecule has 1 aliphatic rings. The Bertz CT molecular complexity index is 410. The minimum absolute atomic E-state index is 0.00666. The van der Waals surface area contributed by atoms with E-state index >= 15 is 0 Å². The van der Waals surface area contributed by atoms with Crippen LogP contribution in [0, 0.1) is 5.92 Å². The zero-order valence-electron chi connectivity index (χ0n) is 9.96. The zero-order valence-corrected chi connectivity index (χ0v) is 9.96. The third-order valence-corrected chi connectivity index (χ3v) is 2.98. The van der Waals surface area contributed by atoms with E-state index in [0.717, 1.165) is 0 Å². The maximum Gasteiger partial charge on any atom is 0.254 e. The molecule has 6 nitrogen and oxygen atoms in total. The minimum Gasteiger partial charge on any atom is -0.472 e. The van der Waals surface area contributed by atoms with Crippen LogP contribution in [-0.2, 0) is 4.79 Å². The summed E-state index contributed by atoms with van der Waals surface area (Å²) >= 11 is 0. The normalized spacial score (nSPS) is 15.3. The van der Waals surface area contributed by atoms with Gasteiger partial charge >= 0.3 is 0 Å². The lowest BCUT2D eigenvalue weighted by molar-refractivity contribution is -0.138. The van der Waals surface area contributed by atoms with Crippen LogP contribution in [0.25, 0.3) is 0 Å². The molecule has 6 heteroatoms. The van der Waals surface area contributed by atoms with E-state index in [1.807, 2.05) is 0 Å². The van der Waals surface area contributed by atoms with Crippen LogP contribution >= 0.6 is 0 Å². The molecule has 98 valence electrons. The summed E-state index contributed by atoms with van der Waals surface area (Å²) in [6.07, 6.45) is 3.06. The van der Waals surface area contributed by atoms with Gasteiger partial charge in [0.05, 0.1) is 11.8 Å². The monoisotopic (exact) mass is 252 g/mol. The third kappa shape index (κ3) is 2.89. The summed E-state index contributed by atoms with van der Waals surface area (Å²) in [6.45, 7) is 1.67. The van der Waals surface area contributed by atoms with Crippen molar-refractivity contribution in [3.05, 3.63) is 24.2 Å². The maximum atomic E-state index is 11.6. The lowest BCUT2D eigenvalue weighted by atomic mass is 10.0. The Kier molecular flexibility index (Phi) is 3.99. The molecule has 0 unspecified atom stereocenters. The van der Waals surface area contributed by atoms with Crippen molar-refractivity contribution in [2.24, 2.45) is 5.92 Å². The third-order valence-electron chi connectivity index (χ3n) is 2.98. The van der Waals surface area contributed by atoms with Crippen LogP contribution in [0.5, 0.6) is 0 Å². The second kappa shape index (κ2) is 5.68. The maximum absolute atomic E-state index is 11.6. The molecule has 1 fully saturated rings. The second-order valence-corrected chi connectivity index (χ2v) is 4.37. The van der Waals surface area contributed by atoms with E-state index in [9.17, 15) is 9.59 Å². The number of hydrogen-bond donors (Lipinski definition) is 2. The van der Waals surface area contributed by atoms with E-state index in [4.69, 9.17) is 9.52 Å². The number of furan rings is 1. The molecule has 2 rings (SSSR count). The fraction of sp³-hybridized carbons (Fsp3) is 0.500. The average Bonchev–Trinajstić information content (AvgIpc) is 2.80. The van der Waals surface area contributed by atoms with Gasteiger partial charge in [0, 0.05) is 38.6 Å². The van der Waals surface area contributed by atoms with Crippen LogP contribution in [0.4, 0.5) is 0 Å². The first kappa shape index (κ1) is 12.6. The first-order chi connectivity index (χ1) is 8.70. The number of nitrogens with one attached hydrogen (secondary N) is 1. The fourth-order valence-electron chi connectivity index (χ4n) is 1.83. The Morgan fingerprint density at radius 2 is 2.28 bits per heavy atom. The number of rotatable bonds is 5. The number of carbonyl (C=O) groups excluding carboxylic acids is 2. The molecule has 2 amide bonds. The molecule has 2 N–H and O–H groups in total. The Morgan fingerprint density at radius 1 is 1.50 bits per heavy atom. The molecule has 0 bridgehead atoms. The van der Waals surface area contributed by atoms with E-state index in [2.05, 4.69) is 5.32 Å². The van der Waals surface area contributed by atoms with Gasteiger partial charge in [-0.3, -0.25) is 9.59 Å². The largest absolute Gasteiger partial charge is 0.472 e. The molecule has 0 aliphatic carbocycles. The molecule has 18 heavy (non-hydrogen) atoms.